The topological polar surface area (TPSA) is 75.0 Å². The van der Waals surface area contributed by atoms with Gasteiger partial charge in [0.1, 0.15) is 17.9 Å². The van der Waals surface area contributed by atoms with Crippen molar-refractivity contribution in [3.63, 3.8) is 0 Å². The molecule has 1 aliphatic heterocycles. The Morgan fingerprint density at radius 2 is 1.89 bits per heavy atom. The van der Waals surface area contributed by atoms with Gasteiger partial charge in [0, 0.05) is 17.5 Å². The summed E-state index contributed by atoms with van der Waals surface area (Å²) < 4.78 is 21.9. The van der Waals surface area contributed by atoms with Gasteiger partial charge in [-0.1, -0.05) is 26.0 Å². The average Bonchev–Trinajstić information content (AvgIpc) is 2.66. The molecule has 3 aromatic rings. The second kappa shape index (κ2) is 6.79. The SMILES string of the molecule is CC(C)c1cc(=O)oc2cc(OC(=O)[C@@H]3COc4ccccc4O3)ccc12. The van der Waals surface area contributed by atoms with Crippen LogP contribution in [0.2, 0.25) is 0 Å². The molecule has 2 heterocycles. The largest absolute Gasteiger partial charge is 0.485 e. The average molecular weight is 366 g/mol. The Labute approximate surface area is 155 Å². The zero-order valence-corrected chi connectivity index (χ0v) is 14.9. The van der Waals surface area contributed by atoms with E-state index < -0.39 is 17.7 Å². The predicted molar refractivity (Wildman–Crippen MR) is 98.6 cm³/mol. The second-order valence-electron chi connectivity index (χ2n) is 6.62. The maximum Gasteiger partial charge on any atom is 0.356 e. The van der Waals surface area contributed by atoms with E-state index >= 15 is 0 Å². The maximum absolute atomic E-state index is 12.4. The maximum atomic E-state index is 12.4. The van der Waals surface area contributed by atoms with E-state index in [1.807, 2.05) is 19.9 Å². The number of carbonyl (C=O) groups is 1. The van der Waals surface area contributed by atoms with Gasteiger partial charge >= 0.3 is 11.6 Å². The molecule has 4 rings (SSSR count). The Morgan fingerprint density at radius 1 is 1.11 bits per heavy atom. The summed E-state index contributed by atoms with van der Waals surface area (Å²) in [5.41, 5.74) is 0.831. The molecule has 0 fully saturated rings. The lowest BCUT2D eigenvalue weighted by Gasteiger charge is -2.24. The van der Waals surface area contributed by atoms with Crippen molar-refractivity contribution in [1.82, 2.24) is 0 Å². The summed E-state index contributed by atoms with van der Waals surface area (Å²) >= 11 is 0. The minimum absolute atomic E-state index is 0.0655. The molecule has 0 radical (unpaired) electrons. The number of hydrogen-bond donors (Lipinski definition) is 0. The Kier molecular flexibility index (Phi) is 4.32. The van der Waals surface area contributed by atoms with Crippen LogP contribution < -0.4 is 19.8 Å². The monoisotopic (exact) mass is 366 g/mol. The van der Waals surface area contributed by atoms with Crippen LogP contribution in [0.25, 0.3) is 11.0 Å². The van der Waals surface area contributed by atoms with Gasteiger partial charge in [-0.25, -0.2) is 9.59 Å². The van der Waals surface area contributed by atoms with Crippen molar-refractivity contribution in [2.24, 2.45) is 0 Å². The molecule has 1 aromatic heterocycles. The molecule has 138 valence electrons. The number of carbonyl (C=O) groups excluding carboxylic acids is 1. The number of para-hydroxylation sites is 2. The Hall–Kier alpha value is -3.28. The van der Waals surface area contributed by atoms with Crippen LogP contribution in [0, 0.1) is 0 Å². The summed E-state index contributed by atoms with van der Waals surface area (Å²) in [5.74, 6) is 0.954. The van der Waals surface area contributed by atoms with Gasteiger partial charge in [-0.3, -0.25) is 0 Å². The fourth-order valence-electron chi connectivity index (χ4n) is 3.03. The highest BCUT2D eigenvalue weighted by atomic mass is 16.6. The Bertz CT molecular complexity index is 1070. The van der Waals surface area contributed by atoms with Crippen LogP contribution in [-0.4, -0.2) is 18.7 Å². The molecular weight excluding hydrogens is 348 g/mol. The summed E-state index contributed by atoms with van der Waals surface area (Å²) in [4.78, 5) is 24.2. The molecule has 0 saturated carbocycles. The van der Waals surface area contributed by atoms with E-state index in [4.69, 9.17) is 18.6 Å². The zero-order chi connectivity index (χ0) is 19.0. The summed E-state index contributed by atoms with van der Waals surface area (Å²) in [5, 5.41) is 0.815. The van der Waals surface area contributed by atoms with E-state index in [1.165, 1.54) is 12.1 Å². The van der Waals surface area contributed by atoms with E-state index in [0.29, 0.717) is 17.1 Å². The normalized spacial score (nSPS) is 15.7. The number of fused-ring (bicyclic) bond motifs is 2. The molecule has 0 spiro atoms. The van der Waals surface area contributed by atoms with Gasteiger partial charge in [-0.05, 0) is 35.7 Å². The molecular formula is C21H18O6. The Balaban J connectivity index is 1.57. The number of esters is 1. The van der Waals surface area contributed by atoms with E-state index in [2.05, 4.69) is 0 Å². The van der Waals surface area contributed by atoms with Gasteiger partial charge in [-0.2, -0.15) is 0 Å². The standard InChI is InChI=1S/C21H18O6/c1-12(2)15-10-20(22)27-18-9-13(7-8-14(15)18)25-21(23)19-11-24-16-5-3-4-6-17(16)26-19/h3-10,12,19H,11H2,1-2H3/t19-/m0/s1. The molecule has 0 aliphatic carbocycles. The number of benzene rings is 2. The number of ether oxygens (including phenoxy) is 3. The smallest absolute Gasteiger partial charge is 0.356 e. The molecule has 0 amide bonds. The number of hydrogen-bond acceptors (Lipinski definition) is 6. The summed E-state index contributed by atoms with van der Waals surface area (Å²) in [6.07, 6.45) is -0.871. The van der Waals surface area contributed by atoms with Crippen molar-refractivity contribution in [2.75, 3.05) is 6.61 Å². The minimum atomic E-state index is -0.871. The van der Waals surface area contributed by atoms with Crippen LogP contribution in [0.5, 0.6) is 17.2 Å². The van der Waals surface area contributed by atoms with Gasteiger partial charge in [-0.15, -0.1) is 0 Å². The third-order valence-corrected chi connectivity index (χ3v) is 4.36. The van der Waals surface area contributed by atoms with Crippen molar-refractivity contribution in [1.29, 1.82) is 0 Å². The minimum Gasteiger partial charge on any atom is -0.485 e. The molecule has 0 saturated heterocycles. The van der Waals surface area contributed by atoms with Crippen molar-refractivity contribution in [2.45, 2.75) is 25.9 Å². The molecule has 6 nitrogen and oxygen atoms in total. The molecule has 0 unspecified atom stereocenters. The molecule has 0 N–H and O–H groups in total. The van der Waals surface area contributed by atoms with E-state index in [9.17, 15) is 9.59 Å². The van der Waals surface area contributed by atoms with Crippen molar-refractivity contribution < 1.29 is 23.4 Å². The van der Waals surface area contributed by atoms with Crippen LogP contribution in [0.1, 0.15) is 25.3 Å². The van der Waals surface area contributed by atoms with E-state index in [-0.39, 0.29) is 18.3 Å². The first-order valence-corrected chi connectivity index (χ1v) is 8.69. The van der Waals surface area contributed by atoms with Crippen molar-refractivity contribution in [3.8, 4) is 17.2 Å². The van der Waals surface area contributed by atoms with Gasteiger partial charge in [0.2, 0.25) is 6.10 Å². The third-order valence-electron chi connectivity index (χ3n) is 4.36. The van der Waals surface area contributed by atoms with Crippen LogP contribution in [0.4, 0.5) is 0 Å². The molecule has 1 atom stereocenters. The van der Waals surface area contributed by atoms with Gasteiger partial charge in [0.05, 0.1) is 0 Å². The highest BCUT2D eigenvalue weighted by Crippen LogP contribution is 2.32. The van der Waals surface area contributed by atoms with Crippen LogP contribution in [0.15, 0.2) is 57.7 Å². The van der Waals surface area contributed by atoms with Crippen molar-refractivity contribution >= 4 is 16.9 Å². The third kappa shape index (κ3) is 3.38. The number of rotatable bonds is 3. The predicted octanol–water partition coefficient (Wildman–Crippen LogP) is 3.66. The highest BCUT2D eigenvalue weighted by Gasteiger charge is 2.29. The highest BCUT2D eigenvalue weighted by molar-refractivity contribution is 5.84. The van der Waals surface area contributed by atoms with Gasteiger partial charge in [0.15, 0.2) is 11.5 Å². The Morgan fingerprint density at radius 3 is 2.67 bits per heavy atom. The van der Waals surface area contributed by atoms with Crippen molar-refractivity contribution in [3.05, 3.63) is 64.5 Å². The molecule has 2 aromatic carbocycles. The molecule has 6 heteroatoms. The van der Waals surface area contributed by atoms with Crippen LogP contribution in [-0.2, 0) is 4.79 Å². The zero-order valence-electron chi connectivity index (χ0n) is 14.9. The lowest BCUT2D eigenvalue weighted by Crippen LogP contribution is -2.39. The van der Waals surface area contributed by atoms with E-state index in [0.717, 1.165) is 10.9 Å². The second-order valence-corrected chi connectivity index (χ2v) is 6.62. The first-order chi connectivity index (χ1) is 13.0. The van der Waals surface area contributed by atoms with Gasteiger partial charge < -0.3 is 18.6 Å². The van der Waals surface area contributed by atoms with Gasteiger partial charge in [0.25, 0.3) is 0 Å². The fraction of sp³-hybridized carbons (Fsp3) is 0.238. The lowest BCUT2D eigenvalue weighted by molar-refractivity contribution is -0.144. The molecule has 27 heavy (non-hydrogen) atoms. The quantitative estimate of drug-likeness (QED) is 0.400. The first-order valence-electron chi connectivity index (χ1n) is 8.69. The van der Waals surface area contributed by atoms with Crippen LogP contribution >= 0.6 is 0 Å². The molecule has 0 bridgehead atoms. The van der Waals surface area contributed by atoms with Crippen LogP contribution in [0.3, 0.4) is 0 Å². The fourth-order valence-corrected chi connectivity index (χ4v) is 3.03. The molecule has 1 aliphatic rings. The van der Waals surface area contributed by atoms with E-state index in [1.54, 1.807) is 30.3 Å². The first kappa shape index (κ1) is 17.1. The summed E-state index contributed by atoms with van der Waals surface area (Å²) in [6.45, 7) is 4.07. The summed E-state index contributed by atoms with van der Waals surface area (Å²) in [7, 11) is 0. The lowest BCUT2D eigenvalue weighted by atomic mass is 10.00. The summed E-state index contributed by atoms with van der Waals surface area (Å²) in [6, 6.07) is 13.6.